The lowest BCUT2D eigenvalue weighted by molar-refractivity contribution is 0.0928. The summed E-state index contributed by atoms with van der Waals surface area (Å²) < 4.78 is 13.7. The van der Waals surface area contributed by atoms with Crippen LogP contribution in [0.1, 0.15) is 60.3 Å². The summed E-state index contributed by atoms with van der Waals surface area (Å²) in [6.45, 7) is 2.08. The van der Waals surface area contributed by atoms with E-state index < -0.39 is 0 Å². The molecule has 1 fully saturated rings. The van der Waals surface area contributed by atoms with E-state index in [1.807, 2.05) is 6.92 Å². The fraction of sp³-hybridized carbons (Fsp3) is 0.450. The van der Waals surface area contributed by atoms with E-state index in [-0.39, 0.29) is 24.3 Å². The molecule has 0 saturated heterocycles. The van der Waals surface area contributed by atoms with Crippen molar-refractivity contribution in [1.82, 2.24) is 15.3 Å². The van der Waals surface area contributed by atoms with Crippen LogP contribution in [0.5, 0.6) is 0 Å². The molecule has 1 aromatic heterocycles. The number of benzene rings is 1. The molecule has 26 heavy (non-hydrogen) atoms. The van der Waals surface area contributed by atoms with Crippen LogP contribution in [0.25, 0.3) is 0 Å². The fourth-order valence-corrected chi connectivity index (χ4v) is 3.26. The van der Waals surface area contributed by atoms with Crippen molar-refractivity contribution < 1.29 is 9.18 Å². The van der Waals surface area contributed by atoms with Crippen LogP contribution < -0.4 is 10.6 Å². The van der Waals surface area contributed by atoms with Crippen molar-refractivity contribution in [3.05, 3.63) is 53.1 Å². The number of rotatable bonds is 5. The highest BCUT2D eigenvalue weighted by Crippen LogP contribution is 2.18. The number of nitrogens with zero attached hydrogens (tertiary/aromatic N) is 2. The van der Waals surface area contributed by atoms with Crippen molar-refractivity contribution in [3.63, 3.8) is 0 Å². The highest BCUT2D eigenvalue weighted by molar-refractivity contribution is 5.92. The van der Waals surface area contributed by atoms with Gasteiger partial charge in [-0.2, -0.15) is 0 Å². The number of nitrogens with one attached hydrogen (secondary N) is 2. The average Bonchev–Trinajstić information content (AvgIpc) is 2.89. The summed E-state index contributed by atoms with van der Waals surface area (Å²) in [6.07, 6.45) is 6.83. The minimum absolute atomic E-state index is 0.170. The van der Waals surface area contributed by atoms with Crippen molar-refractivity contribution in [2.45, 2.75) is 58.0 Å². The zero-order valence-electron chi connectivity index (χ0n) is 15.1. The predicted molar refractivity (Wildman–Crippen MR) is 99.5 cm³/mol. The number of aryl methyl sites for hydroxylation is 1. The van der Waals surface area contributed by atoms with Gasteiger partial charge >= 0.3 is 0 Å². The molecule has 2 N–H and O–H groups in total. The molecule has 1 amide bonds. The Hall–Kier alpha value is -2.50. The van der Waals surface area contributed by atoms with Gasteiger partial charge in [-0.05, 0) is 31.9 Å². The van der Waals surface area contributed by atoms with Gasteiger partial charge in [-0.1, -0.05) is 43.9 Å². The molecule has 1 heterocycles. The first-order chi connectivity index (χ1) is 12.6. The van der Waals surface area contributed by atoms with Crippen molar-refractivity contribution in [1.29, 1.82) is 0 Å². The van der Waals surface area contributed by atoms with E-state index in [0.29, 0.717) is 22.9 Å². The third-order valence-electron chi connectivity index (χ3n) is 4.67. The molecule has 3 rings (SSSR count). The molecule has 2 aromatic rings. The third-order valence-corrected chi connectivity index (χ3v) is 4.67. The molecule has 0 spiro atoms. The van der Waals surface area contributed by atoms with Gasteiger partial charge in [0.05, 0.1) is 0 Å². The molecule has 1 aliphatic rings. The highest BCUT2D eigenvalue weighted by Gasteiger charge is 2.17. The zero-order valence-corrected chi connectivity index (χ0v) is 15.1. The Morgan fingerprint density at radius 3 is 2.62 bits per heavy atom. The Morgan fingerprint density at radius 1 is 1.15 bits per heavy atom. The van der Waals surface area contributed by atoms with E-state index >= 15 is 0 Å². The van der Waals surface area contributed by atoms with Gasteiger partial charge in [0, 0.05) is 23.8 Å². The quantitative estimate of drug-likeness (QED) is 0.795. The van der Waals surface area contributed by atoms with E-state index in [9.17, 15) is 9.18 Å². The van der Waals surface area contributed by atoms with E-state index in [0.717, 1.165) is 25.7 Å². The summed E-state index contributed by atoms with van der Waals surface area (Å²) in [4.78, 5) is 21.2. The summed E-state index contributed by atoms with van der Waals surface area (Å²) >= 11 is 0. The second kappa shape index (κ2) is 8.74. The average molecular weight is 356 g/mol. The van der Waals surface area contributed by atoms with Crippen LogP contribution in [0, 0.1) is 12.7 Å². The van der Waals surface area contributed by atoms with Crippen molar-refractivity contribution in [2.75, 3.05) is 5.32 Å². The maximum absolute atomic E-state index is 13.7. The second-order valence-electron chi connectivity index (χ2n) is 6.83. The number of halogens is 1. The summed E-state index contributed by atoms with van der Waals surface area (Å²) in [5.74, 6) is -0.116. The van der Waals surface area contributed by atoms with Crippen LogP contribution >= 0.6 is 0 Å². The molecule has 1 aromatic carbocycles. The second-order valence-corrected chi connectivity index (χ2v) is 6.83. The minimum atomic E-state index is -0.279. The molecular formula is C20H25FN4O. The Morgan fingerprint density at radius 2 is 1.88 bits per heavy atom. The van der Waals surface area contributed by atoms with Crippen LogP contribution in [-0.2, 0) is 6.54 Å². The minimum Gasteiger partial charge on any atom is -0.350 e. The first-order valence-corrected chi connectivity index (χ1v) is 9.25. The normalized spacial score (nSPS) is 15.3. The number of carbonyl (C=O) groups is 1. The SMILES string of the molecule is Cc1cc(C(=O)NC2CCCCCC2)nc(NCc2ccccc2F)n1. The smallest absolute Gasteiger partial charge is 0.270 e. The number of hydrogen-bond acceptors (Lipinski definition) is 4. The summed E-state index contributed by atoms with van der Waals surface area (Å²) in [7, 11) is 0. The lowest BCUT2D eigenvalue weighted by atomic mass is 10.1. The van der Waals surface area contributed by atoms with Gasteiger partial charge in [0.15, 0.2) is 0 Å². The lowest BCUT2D eigenvalue weighted by Crippen LogP contribution is -2.35. The van der Waals surface area contributed by atoms with Crippen LogP contribution in [0.2, 0.25) is 0 Å². The first-order valence-electron chi connectivity index (χ1n) is 9.25. The van der Waals surface area contributed by atoms with Gasteiger partial charge < -0.3 is 10.6 Å². The van der Waals surface area contributed by atoms with Gasteiger partial charge in [-0.25, -0.2) is 14.4 Å². The molecule has 138 valence electrons. The maximum atomic E-state index is 13.7. The molecule has 0 atom stereocenters. The number of carbonyl (C=O) groups excluding carboxylic acids is 1. The third kappa shape index (κ3) is 5.00. The van der Waals surface area contributed by atoms with Gasteiger partial charge in [0.1, 0.15) is 11.5 Å². The zero-order chi connectivity index (χ0) is 18.4. The molecule has 5 nitrogen and oxygen atoms in total. The monoisotopic (exact) mass is 356 g/mol. The molecule has 1 saturated carbocycles. The van der Waals surface area contributed by atoms with Crippen LogP contribution in [0.4, 0.5) is 10.3 Å². The number of hydrogen-bond donors (Lipinski definition) is 2. The van der Waals surface area contributed by atoms with E-state index in [2.05, 4.69) is 20.6 Å². The molecule has 0 radical (unpaired) electrons. The van der Waals surface area contributed by atoms with Gasteiger partial charge in [0.25, 0.3) is 5.91 Å². The molecule has 1 aliphatic carbocycles. The van der Waals surface area contributed by atoms with Crippen molar-refractivity contribution in [2.24, 2.45) is 0 Å². The van der Waals surface area contributed by atoms with Crippen LogP contribution in [0.3, 0.4) is 0 Å². The first kappa shape index (κ1) is 18.3. The maximum Gasteiger partial charge on any atom is 0.270 e. The molecule has 0 aliphatic heterocycles. The summed E-state index contributed by atoms with van der Waals surface area (Å²) in [6, 6.07) is 8.45. The highest BCUT2D eigenvalue weighted by atomic mass is 19.1. The number of aromatic nitrogens is 2. The van der Waals surface area contributed by atoms with Gasteiger partial charge in [0.2, 0.25) is 5.95 Å². The van der Waals surface area contributed by atoms with Gasteiger partial charge in [-0.15, -0.1) is 0 Å². The van der Waals surface area contributed by atoms with Crippen LogP contribution in [0.15, 0.2) is 30.3 Å². The van der Waals surface area contributed by atoms with Crippen molar-refractivity contribution in [3.8, 4) is 0 Å². The standard InChI is InChI=1S/C20H25FN4O/c1-14-12-18(19(26)24-16-9-4-2-3-5-10-16)25-20(23-14)22-13-15-8-6-7-11-17(15)21/h6-8,11-12,16H,2-5,9-10,13H2,1H3,(H,24,26)(H,22,23,25). The Bertz CT molecular complexity index is 757. The molecular weight excluding hydrogens is 331 g/mol. The Kier molecular flexibility index (Phi) is 6.15. The lowest BCUT2D eigenvalue weighted by Gasteiger charge is -2.16. The van der Waals surface area contributed by atoms with E-state index in [1.165, 1.54) is 18.9 Å². The van der Waals surface area contributed by atoms with Gasteiger partial charge in [-0.3, -0.25) is 4.79 Å². The largest absolute Gasteiger partial charge is 0.350 e. The number of amides is 1. The van der Waals surface area contributed by atoms with E-state index in [4.69, 9.17) is 0 Å². The Balaban J connectivity index is 1.66. The van der Waals surface area contributed by atoms with Crippen LogP contribution in [-0.4, -0.2) is 21.9 Å². The molecule has 6 heteroatoms. The summed E-state index contributed by atoms with van der Waals surface area (Å²) in [5, 5.41) is 6.10. The summed E-state index contributed by atoms with van der Waals surface area (Å²) in [5.41, 5.74) is 1.57. The predicted octanol–water partition coefficient (Wildman–Crippen LogP) is 3.99. The molecule has 0 bridgehead atoms. The van der Waals surface area contributed by atoms with Crippen molar-refractivity contribution >= 4 is 11.9 Å². The Labute approximate surface area is 153 Å². The fourth-order valence-electron chi connectivity index (χ4n) is 3.26. The topological polar surface area (TPSA) is 66.9 Å². The van der Waals surface area contributed by atoms with E-state index in [1.54, 1.807) is 24.3 Å². The molecule has 0 unspecified atom stereocenters. The number of anilines is 1.